The summed E-state index contributed by atoms with van der Waals surface area (Å²) < 4.78 is 5.49. The highest BCUT2D eigenvalue weighted by Crippen LogP contribution is 2.26. The van der Waals surface area contributed by atoms with Gasteiger partial charge in [-0.05, 0) is 26.3 Å². The fourth-order valence-electron chi connectivity index (χ4n) is 3.20. The highest BCUT2D eigenvalue weighted by molar-refractivity contribution is 5.69. The fourth-order valence-corrected chi connectivity index (χ4v) is 3.20. The summed E-state index contributed by atoms with van der Waals surface area (Å²) in [5.41, 5.74) is 2.98. The van der Waals surface area contributed by atoms with E-state index in [0.29, 0.717) is 6.54 Å². The topological polar surface area (TPSA) is 36.0 Å². The lowest BCUT2D eigenvalue weighted by Crippen LogP contribution is -2.49. The van der Waals surface area contributed by atoms with Gasteiger partial charge < -0.3 is 9.64 Å². The van der Waals surface area contributed by atoms with Gasteiger partial charge in [-0.3, -0.25) is 9.80 Å². The number of amides is 1. The second-order valence-electron chi connectivity index (χ2n) is 7.64. The molecule has 1 amide bonds. The van der Waals surface area contributed by atoms with E-state index in [1.165, 1.54) is 5.56 Å². The number of benzene rings is 1. The van der Waals surface area contributed by atoms with Crippen LogP contribution in [0.4, 0.5) is 4.79 Å². The van der Waals surface area contributed by atoms with Gasteiger partial charge in [0.05, 0.1) is 0 Å². The van der Waals surface area contributed by atoms with E-state index in [1.54, 1.807) is 4.90 Å². The van der Waals surface area contributed by atoms with Crippen molar-refractivity contribution in [3.63, 3.8) is 0 Å². The maximum absolute atomic E-state index is 12.3. The van der Waals surface area contributed by atoms with Crippen LogP contribution in [0.1, 0.15) is 26.3 Å². The standard InChI is InChI=1S/C20H27N3O2/c1-16-12-21(13-17-8-6-5-7-9-17)14-18-15-22(10-11-23(16)18)19(24)25-20(2,3)4/h5-9,15H,1,10-14H2,2-4H3. The summed E-state index contributed by atoms with van der Waals surface area (Å²) in [6.45, 7) is 13.8. The third kappa shape index (κ3) is 4.42. The summed E-state index contributed by atoms with van der Waals surface area (Å²) in [7, 11) is 0. The average molecular weight is 341 g/mol. The van der Waals surface area contributed by atoms with Gasteiger partial charge in [0.2, 0.25) is 0 Å². The molecule has 3 rings (SSSR count). The third-order valence-electron chi connectivity index (χ3n) is 4.27. The molecule has 0 radical (unpaired) electrons. The van der Waals surface area contributed by atoms with Crippen LogP contribution < -0.4 is 0 Å². The van der Waals surface area contributed by atoms with Gasteiger partial charge in [0.25, 0.3) is 0 Å². The molecular formula is C20H27N3O2. The summed E-state index contributed by atoms with van der Waals surface area (Å²) in [6.07, 6.45) is 1.63. The van der Waals surface area contributed by atoms with E-state index < -0.39 is 5.60 Å². The lowest BCUT2D eigenvalue weighted by molar-refractivity contribution is 0.0295. The second-order valence-corrected chi connectivity index (χ2v) is 7.64. The van der Waals surface area contributed by atoms with Crippen molar-refractivity contribution in [1.82, 2.24) is 14.7 Å². The summed E-state index contributed by atoms with van der Waals surface area (Å²) in [5.74, 6) is 0. The smallest absolute Gasteiger partial charge is 0.414 e. The summed E-state index contributed by atoms with van der Waals surface area (Å²) in [5, 5.41) is 0. The Kier molecular flexibility index (Phi) is 4.86. The van der Waals surface area contributed by atoms with Gasteiger partial charge in [-0.15, -0.1) is 0 Å². The first-order valence-electron chi connectivity index (χ1n) is 8.74. The normalized spacial score (nSPS) is 18.7. The van der Waals surface area contributed by atoms with E-state index in [0.717, 1.165) is 37.6 Å². The van der Waals surface area contributed by atoms with Crippen molar-refractivity contribution in [3.8, 4) is 0 Å². The van der Waals surface area contributed by atoms with E-state index in [-0.39, 0.29) is 6.09 Å². The number of ether oxygens (including phenoxy) is 1. The second kappa shape index (κ2) is 6.92. The largest absolute Gasteiger partial charge is 0.443 e. The third-order valence-corrected chi connectivity index (χ3v) is 4.27. The zero-order valence-corrected chi connectivity index (χ0v) is 15.4. The van der Waals surface area contributed by atoms with Gasteiger partial charge >= 0.3 is 6.09 Å². The van der Waals surface area contributed by atoms with E-state index in [1.807, 2.05) is 33.0 Å². The van der Waals surface area contributed by atoms with Crippen LogP contribution in [0.3, 0.4) is 0 Å². The Morgan fingerprint density at radius 3 is 2.56 bits per heavy atom. The molecule has 1 fully saturated rings. The number of hydrogen-bond donors (Lipinski definition) is 0. The first kappa shape index (κ1) is 17.5. The number of carbonyl (C=O) groups excluding carboxylic acids is 1. The molecule has 0 unspecified atom stereocenters. The van der Waals surface area contributed by atoms with Crippen LogP contribution in [0.25, 0.3) is 0 Å². The van der Waals surface area contributed by atoms with Crippen molar-refractivity contribution in [2.75, 3.05) is 26.2 Å². The van der Waals surface area contributed by atoms with Crippen molar-refractivity contribution in [3.05, 3.63) is 60.1 Å². The average Bonchev–Trinajstić information content (AvgIpc) is 2.53. The minimum absolute atomic E-state index is 0.287. The summed E-state index contributed by atoms with van der Waals surface area (Å²) >= 11 is 0. The number of fused-ring (bicyclic) bond motifs is 1. The van der Waals surface area contributed by atoms with Crippen LogP contribution in [0.2, 0.25) is 0 Å². The molecule has 1 aromatic rings. The molecule has 5 heteroatoms. The number of nitrogens with zero attached hydrogens (tertiary/aromatic N) is 3. The molecule has 0 aromatic heterocycles. The van der Waals surface area contributed by atoms with Gasteiger partial charge in [-0.25, -0.2) is 4.79 Å². The van der Waals surface area contributed by atoms with E-state index in [2.05, 4.69) is 40.6 Å². The lowest BCUT2D eigenvalue weighted by Gasteiger charge is -2.43. The Balaban J connectivity index is 1.71. The predicted molar refractivity (Wildman–Crippen MR) is 98.6 cm³/mol. The van der Waals surface area contributed by atoms with Crippen molar-refractivity contribution in [2.45, 2.75) is 32.9 Å². The fraction of sp³-hybridized carbons (Fsp3) is 0.450. The minimum Gasteiger partial charge on any atom is -0.443 e. The Morgan fingerprint density at radius 2 is 1.88 bits per heavy atom. The molecule has 0 bridgehead atoms. The number of carbonyl (C=O) groups is 1. The van der Waals surface area contributed by atoms with Gasteiger partial charge in [0.1, 0.15) is 5.60 Å². The Hall–Kier alpha value is -2.27. The van der Waals surface area contributed by atoms with Gasteiger partial charge in [-0.1, -0.05) is 36.9 Å². The van der Waals surface area contributed by atoms with Crippen LogP contribution in [0, 0.1) is 0 Å². The van der Waals surface area contributed by atoms with Crippen molar-refractivity contribution >= 4 is 6.09 Å². The number of piperazine rings is 1. The minimum atomic E-state index is -0.484. The monoisotopic (exact) mass is 341 g/mol. The zero-order valence-electron chi connectivity index (χ0n) is 15.4. The Bertz CT molecular complexity index is 676. The molecule has 2 aliphatic heterocycles. The van der Waals surface area contributed by atoms with E-state index in [4.69, 9.17) is 4.74 Å². The molecule has 0 spiro atoms. The molecule has 0 N–H and O–H groups in total. The maximum atomic E-state index is 12.3. The first-order chi connectivity index (χ1) is 11.8. The van der Waals surface area contributed by atoms with E-state index >= 15 is 0 Å². The molecule has 2 heterocycles. The zero-order chi connectivity index (χ0) is 18.0. The highest BCUT2D eigenvalue weighted by Gasteiger charge is 2.31. The molecular weight excluding hydrogens is 314 g/mol. The molecule has 5 nitrogen and oxygen atoms in total. The maximum Gasteiger partial charge on any atom is 0.414 e. The summed E-state index contributed by atoms with van der Waals surface area (Å²) in [4.78, 5) is 18.6. The molecule has 1 aromatic carbocycles. The van der Waals surface area contributed by atoms with Gasteiger partial charge in [-0.2, -0.15) is 0 Å². The van der Waals surface area contributed by atoms with Gasteiger partial charge in [0.15, 0.2) is 0 Å². The van der Waals surface area contributed by atoms with Crippen LogP contribution in [-0.4, -0.2) is 52.6 Å². The SMILES string of the molecule is C=C1CN(Cc2ccccc2)CC2=CN(C(=O)OC(C)(C)C)CCN12. The molecule has 0 atom stereocenters. The Morgan fingerprint density at radius 1 is 1.16 bits per heavy atom. The predicted octanol–water partition coefficient (Wildman–Crippen LogP) is 3.41. The highest BCUT2D eigenvalue weighted by atomic mass is 16.6. The molecule has 2 aliphatic rings. The molecule has 0 saturated carbocycles. The number of hydrogen-bond acceptors (Lipinski definition) is 4. The molecule has 134 valence electrons. The summed E-state index contributed by atoms with van der Waals surface area (Å²) in [6, 6.07) is 10.4. The first-order valence-corrected chi connectivity index (χ1v) is 8.74. The van der Waals surface area contributed by atoms with Crippen LogP contribution in [0.5, 0.6) is 0 Å². The quantitative estimate of drug-likeness (QED) is 0.826. The van der Waals surface area contributed by atoms with Crippen LogP contribution >= 0.6 is 0 Å². The lowest BCUT2D eigenvalue weighted by atomic mass is 10.1. The van der Waals surface area contributed by atoms with E-state index in [9.17, 15) is 4.79 Å². The van der Waals surface area contributed by atoms with Crippen molar-refractivity contribution in [2.24, 2.45) is 0 Å². The van der Waals surface area contributed by atoms with Gasteiger partial charge in [0, 0.05) is 50.3 Å². The molecule has 25 heavy (non-hydrogen) atoms. The molecule has 1 saturated heterocycles. The van der Waals surface area contributed by atoms with Crippen molar-refractivity contribution < 1.29 is 9.53 Å². The number of rotatable bonds is 2. The van der Waals surface area contributed by atoms with Crippen LogP contribution in [-0.2, 0) is 11.3 Å². The molecule has 0 aliphatic carbocycles. The van der Waals surface area contributed by atoms with Crippen molar-refractivity contribution in [1.29, 1.82) is 0 Å². The van der Waals surface area contributed by atoms with Crippen LogP contribution in [0.15, 0.2) is 54.5 Å². The Labute approximate surface area is 150 Å².